The number of nitrogens with zero attached hydrogens (tertiary/aromatic N) is 1. The van der Waals surface area contributed by atoms with E-state index in [1.807, 2.05) is 19.1 Å². The molecular formula is C17H19N3O2. The van der Waals surface area contributed by atoms with Crippen LogP contribution in [0.25, 0.3) is 0 Å². The largest absolute Gasteiger partial charge is 0.325 e. The van der Waals surface area contributed by atoms with E-state index in [0.29, 0.717) is 5.82 Å². The number of hydrogen-bond donors (Lipinski definition) is 2. The maximum Gasteiger partial charge on any atom is 0.262 e. The molecule has 5 heteroatoms. The van der Waals surface area contributed by atoms with Crippen molar-refractivity contribution in [1.29, 1.82) is 0 Å². The van der Waals surface area contributed by atoms with Gasteiger partial charge >= 0.3 is 0 Å². The summed E-state index contributed by atoms with van der Waals surface area (Å²) in [6.45, 7) is 2.04. The van der Waals surface area contributed by atoms with Crippen LogP contribution in [-0.2, 0) is 19.3 Å². The summed E-state index contributed by atoms with van der Waals surface area (Å²) in [7, 11) is 0. The molecule has 2 N–H and O–H groups in total. The Kier molecular flexibility index (Phi) is 4.04. The summed E-state index contributed by atoms with van der Waals surface area (Å²) >= 11 is 0. The molecule has 0 saturated heterocycles. The van der Waals surface area contributed by atoms with Crippen LogP contribution in [0.3, 0.4) is 0 Å². The summed E-state index contributed by atoms with van der Waals surface area (Å²) in [6, 6.07) is 5.46. The molecule has 1 amide bonds. The van der Waals surface area contributed by atoms with Gasteiger partial charge in [0.1, 0.15) is 11.4 Å². The third kappa shape index (κ3) is 2.93. The van der Waals surface area contributed by atoms with Crippen LogP contribution in [0.1, 0.15) is 46.9 Å². The Labute approximate surface area is 128 Å². The molecule has 0 spiro atoms. The minimum absolute atomic E-state index is 0.157. The van der Waals surface area contributed by atoms with Crippen molar-refractivity contribution in [3.8, 4) is 0 Å². The molecule has 5 nitrogen and oxygen atoms in total. The lowest BCUT2D eigenvalue weighted by molar-refractivity contribution is 0.102. The fourth-order valence-electron chi connectivity index (χ4n) is 2.79. The monoisotopic (exact) mass is 297 g/mol. The number of aromatic amines is 1. The first-order chi connectivity index (χ1) is 10.7. The molecule has 2 aromatic rings. The van der Waals surface area contributed by atoms with Crippen molar-refractivity contribution in [1.82, 2.24) is 9.97 Å². The second-order valence-corrected chi connectivity index (χ2v) is 5.58. The first-order valence-corrected chi connectivity index (χ1v) is 7.68. The van der Waals surface area contributed by atoms with Gasteiger partial charge in [-0.2, -0.15) is 0 Å². The van der Waals surface area contributed by atoms with Crippen molar-refractivity contribution in [3.63, 3.8) is 0 Å². The predicted molar refractivity (Wildman–Crippen MR) is 85.3 cm³/mol. The fraction of sp³-hybridized carbons (Fsp3) is 0.353. The Hall–Kier alpha value is -2.43. The van der Waals surface area contributed by atoms with Crippen molar-refractivity contribution >= 4 is 11.7 Å². The van der Waals surface area contributed by atoms with Gasteiger partial charge in [-0.3, -0.25) is 9.59 Å². The number of amides is 1. The van der Waals surface area contributed by atoms with Crippen molar-refractivity contribution in [2.24, 2.45) is 0 Å². The van der Waals surface area contributed by atoms with Crippen LogP contribution in [0.15, 0.2) is 29.2 Å². The normalized spacial score (nSPS) is 13.5. The first kappa shape index (κ1) is 14.5. The first-order valence-electron chi connectivity index (χ1n) is 7.68. The Balaban J connectivity index is 1.87. The van der Waals surface area contributed by atoms with E-state index in [1.165, 1.54) is 0 Å². The highest BCUT2D eigenvalue weighted by atomic mass is 16.2. The number of anilines is 1. The molecule has 114 valence electrons. The highest BCUT2D eigenvalue weighted by Gasteiger charge is 2.17. The van der Waals surface area contributed by atoms with E-state index in [-0.39, 0.29) is 11.1 Å². The maximum absolute atomic E-state index is 12.3. The summed E-state index contributed by atoms with van der Waals surface area (Å²) in [5, 5.41) is 2.71. The summed E-state index contributed by atoms with van der Waals surface area (Å²) in [4.78, 5) is 31.4. The Morgan fingerprint density at radius 3 is 2.95 bits per heavy atom. The molecular weight excluding hydrogens is 278 g/mol. The van der Waals surface area contributed by atoms with Crippen LogP contribution in [0, 0.1) is 0 Å². The van der Waals surface area contributed by atoms with Crippen LogP contribution in [0.5, 0.6) is 0 Å². The zero-order chi connectivity index (χ0) is 15.5. The highest BCUT2D eigenvalue weighted by Crippen LogP contribution is 2.19. The number of fused-ring (bicyclic) bond motifs is 1. The SMILES string of the molecule is CCc1ccnc(NC(=O)c2cc3c([nH]c2=O)CCCC3)c1. The minimum atomic E-state index is -0.407. The predicted octanol–water partition coefficient (Wildman–Crippen LogP) is 2.46. The van der Waals surface area contributed by atoms with Crippen molar-refractivity contribution < 1.29 is 4.79 Å². The van der Waals surface area contributed by atoms with Gasteiger partial charge in [0.25, 0.3) is 11.5 Å². The van der Waals surface area contributed by atoms with Crippen LogP contribution >= 0.6 is 0 Å². The average molecular weight is 297 g/mol. The number of H-pyrrole nitrogens is 1. The minimum Gasteiger partial charge on any atom is -0.325 e. The van der Waals surface area contributed by atoms with E-state index in [2.05, 4.69) is 15.3 Å². The van der Waals surface area contributed by atoms with Gasteiger partial charge in [0.2, 0.25) is 0 Å². The molecule has 0 unspecified atom stereocenters. The van der Waals surface area contributed by atoms with Crippen molar-refractivity contribution in [2.75, 3.05) is 5.32 Å². The number of aromatic nitrogens is 2. The standard InChI is InChI=1S/C17H19N3O2/c1-2-11-7-8-18-15(9-11)20-17(22)13-10-12-5-3-4-6-14(12)19-16(13)21/h7-10H,2-6H2,1H3,(H,19,21)(H,18,20,22). The second kappa shape index (κ2) is 6.13. The van der Waals surface area contributed by atoms with Crippen molar-refractivity contribution in [2.45, 2.75) is 39.0 Å². The smallest absolute Gasteiger partial charge is 0.262 e. The molecule has 22 heavy (non-hydrogen) atoms. The average Bonchev–Trinajstić information content (AvgIpc) is 2.54. The molecule has 3 rings (SSSR count). The number of hydrogen-bond acceptors (Lipinski definition) is 3. The van der Waals surface area contributed by atoms with E-state index in [9.17, 15) is 9.59 Å². The van der Waals surface area contributed by atoms with Crippen LogP contribution < -0.4 is 10.9 Å². The molecule has 0 fully saturated rings. The maximum atomic E-state index is 12.3. The van der Waals surface area contributed by atoms with Crippen LogP contribution in [0.4, 0.5) is 5.82 Å². The lowest BCUT2D eigenvalue weighted by atomic mass is 9.95. The number of rotatable bonds is 3. The number of carbonyl (C=O) groups is 1. The molecule has 0 atom stereocenters. The molecule has 2 aromatic heterocycles. The summed E-state index contributed by atoms with van der Waals surface area (Å²) in [5.41, 5.74) is 2.96. The van der Waals surface area contributed by atoms with Gasteiger partial charge in [-0.25, -0.2) is 4.98 Å². The van der Waals surface area contributed by atoms with Gasteiger partial charge in [0.05, 0.1) is 0 Å². The van der Waals surface area contributed by atoms with Gasteiger partial charge in [-0.15, -0.1) is 0 Å². The zero-order valence-corrected chi connectivity index (χ0v) is 12.6. The molecule has 0 saturated carbocycles. The second-order valence-electron chi connectivity index (χ2n) is 5.58. The Morgan fingerprint density at radius 1 is 1.32 bits per heavy atom. The Morgan fingerprint density at radius 2 is 2.14 bits per heavy atom. The fourth-order valence-corrected chi connectivity index (χ4v) is 2.79. The summed E-state index contributed by atoms with van der Waals surface area (Å²) in [5.74, 6) is 0.0665. The van der Waals surface area contributed by atoms with E-state index in [4.69, 9.17) is 0 Å². The Bertz CT molecular complexity index is 765. The molecule has 2 heterocycles. The summed E-state index contributed by atoms with van der Waals surface area (Å²) < 4.78 is 0. The third-order valence-electron chi connectivity index (χ3n) is 4.06. The molecule has 1 aliphatic carbocycles. The molecule has 0 bridgehead atoms. The van der Waals surface area contributed by atoms with Gasteiger partial charge in [0, 0.05) is 11.9 Å². The number of nitrogens with one attached hydrogen (secondary N) is 2. The lowest BCUT2D eigenvalue weighted by Gasteiger charge is -2.15. The van der Waals surface area contributed by atoms with E-state index in [1.54, 1.807) is 12.3 Å². The van der Waals surface area contributed by atoms with Gasteiger partial charge in [0.15, 0.2) is 0 Å². The molecule has 1 aliphatic rings. The summed E-state index contributed by atoms with van der Waals surface area (Å²) in [6.07, 6.45) is 6.50. The lowest BCUT2D eigenvalue weighted by Crippen LogP contribution is -2.26. The van der Waals surface area contributed by atoms with Gasteiger partial charge < -0.3 is 10.3 Å². The van der Waals surface area contributed by atoms with Crippen molar-refractivity contribution in [3.05, 3.63) is 57.1 Å². The van der Waals surface area contributed by atoms with Crippen LogP contribution in [-0.4, -0.2) is 15.9 Å². The highest BCUT2D eigenvalue weighted by molar-refractivity contribution is 6.03. The quantitative estimate of drug-likeness (QED) is 0.914. The zero-order valence-electron chi connectivity index (χ0n) is 12.6. The molecule has 0 radical (unpaired) electrons. The number of carbonyl (C=O) groups excluding carboxylic acids is 1. The van der Waals surface area contributed by atoms with Crippen LogP contribution in [0.2, 0.25) is 0 Å². The van der Waals surface area contributed by atoms with E-state index >= 15 is 0 Å². The number of aryl methyl sites for hydroxylation is 3. The van der Waals surface area contributed by atoms with Gasteiger partial charge in [-0.05, 0) is 61.4 Å². The molecule has 0 aliphatic heterocycles. The number of pyridine rings is 2. The topological polar surface area (TPSA) is 74.8 Å². The van der Waals surface area contributed by atoms with E-state index < -0.39 is 5.91 Å². The third-order valence-corrected chi connectivity index (χ3v) is 4.06. The molecule has 0 aromatic carbocycles. The van der Waals surface area contributed by atoms with Gasteiger partial charge in [-0.1, -0.05) is 6.92 Å². The van der Waals surface area contributed by atoms with E-state index in [0.717, 1.165) is 48.9 Å².